The molecular formula is C17H28FNO2. The van der Waals surface area contributed by atoms with Crippen molar-refractivity contribution in [2.24, 2.45) is 0 Å². The van der Waals surface area contributed by atoms with Gasteiger partial charge in [-0.05, 0) is 57.4 Å². The maximum Gasteiger partial charge on any atom is 0.165 e. The Morgan fingerprint density at radius 2 is 2.00 bits per heavy atom. The number of ether oxygens (including phenoxy) is 2. The maximum atomic E-state index is 13.9. The van der Waals surface area contributed by atoms with Crippen LogP contribution in [0.5, 0.6) is 5.75 Å². The molecule has 1 atom stereocenters. The second kappa shape index (κ2) is 8.35. The van der Waals surface area contributed by atoms with E-state index >= 15 is 0 Å². The molecule has 4 heteroatoms. The molecule has 0 aliphatic heterocycles. The molecule has 0 spiro atoms. The number of methoxy groups -OCH3 is 2. The van der Waals surface area contributed by atoms with Crippen LogP contribution in [0.25, 0.3) is 0 Å². The van der Waals surface area contributed by atoms with Gasteiger partial charge in [-0.25, -0.2) is 4.39 Å². The van der Waals surface area contributed by atoms with Gasteiger partial charge in [-0.1, -0.05) is 13.0 Å². The predicted molar refractivity (Wildman–Crippen MR) is 84.3 cm³/mol. The van der Waals surface area contributed by atoms with Crippen LogP contribution in [0, 0.1) is 5.82 Å². The zero-order valence-electron chi connectivity index (χ0n) is 13.8. The van der Waals surface area contributed by atoms with Crippen LogP contribution >= 0.6 is 0 Å². The van der Waals surface area contributed by atoms with E-state index in [1.165, 1.54) is 7.11 Å². The Morgan fingerprint density at radius 3 is 2.52 bits per heavy atom. The molecule has 1 rings (SSSR count). The van der Waals surface area contributed by atoms with Crippen molar-refractivity contribution >= 4 is 0 Å². The van der Waals surface area contributed by atoms with Gasteiger partial charge in [0.2, 0.25) is 0 Å². The van der Waals surface area contributed by atoms with Crippen molar-refractivity contribution in [3.8, 4) is 5.75 Å². The van der Waals surface area contributed by atoms with Crippen molar-refractivity contribution in [2.75, 3.05) is 20.8 Å². The van der Waals surface area contributed by atoms with Crippen molar-refractivity contribution < 1.29 is 13.9 Å². The molecule has 0 saturated heterocycles. The SMILES string of the molecule is CCCNC(CCC(C)(C)OC)c1ccc(OC)c(F)c1. The lowest BCUT2D eigenvalue weighted by Gasteiger charge is -2.27. The Kier molecular flexibility index (Phi) is 7.12. The van der Waals surface area contributed by atoms with Crippen molar-refractivity contribution in [3.63, 3.8) is 0 Å². The lowest BCUT2D eigenvalue weighted by Crippen LogP contribution is -2.28. The van der Waals surface area contributed by atoms with Gasteiger partial charge in [0, 0.05) is 13.2 Å². The third kappa shape index (κ3) is 5.64. The van der Waals surface area contributed by atoms with E-state index in [0.717, 1.165) is 31.4 Å². The Morgan fingerprint density at radius 1 is 1.29 bits per heavy atom. The fourth-order valence-electron chi connectivity index (χ4n) is 2.20. The van der Waals surface area contributed by atoms with E-state index in [4.69, 9.17) is 9.47 Å². The fourth-order valence-corrected chi connectivity index (χ4v) is 2.20. The Labute approximate surface area is 127 Å². The molecule has 0 saturated carbocycles. The van der Waals surface area contributed by atoms with Gasteiger partial charge in [0.1, 0.15) is 0 Å². The molecule has 1 unspecified atom stereocenters. The van der Waals surface area contributed by atoms with Crippen LogP contribution in [0.15, 0.2) is 18.2 Å². The summed E-state index contributed by atoms with van der Waals surface area (Å²) in [6.07, 6.45) is 2.84. The summed E-state index contributed by atoms with van der Waals surface area (Å²) < 4.78 is 24.3. The smallest absolute Gasteiger partial charge is 0.165 e. The standard InChI is InChI=1S/C17H28FNO2/c1-6-11-19-15(9-10-17(2,3)21-5)13-7-8-16(20-4)14(18)12-13/h7-8,12,15,19H,6,9-11H2,1-5H3. The number of halogens is 1. The quantitative estimate of drug-likeness (QED) is 0.745. The molecule has 0 aliphatic rings. The summed E-state index contributed by atoms with van der Waals surface area (Å²) in [7, 11) is 3.20. The normalized spacial score (nSPS) is 13.2. The summed E-state index contributed by atoms with van der Waals surface area (Å²) in [5, 5.41) is 3.48. The molecule has 21 heavy (non-hydrogen) atoms. The van der Waals surface area contributed by atoms with Gasteiger partial charge in [0.05, 0.1) is 12.7 Å². The Hall–Kier alpha value is -1.13. The number of rotatable bonds is 9. The average molecular weight is 297 g/mol. The minimum Gasteiger partial charge on any atom is -0.494 e. The molecule has 0 radical (unpaired) electrons. The summed E-state index contributed by atoms with van der Waals surface area (Å²) in [5.41, 5.74) is 0.783. The minimum atomic E-state index is -0.315. The predicted octanol–water partition coefficient (Wildman–Crippen LogP) is 4.08. The number of hydrogen-bond acceptors (Lipinski definition) is 3. The molecule has 0 aromatic heterocycles. The maximum absolute atomic E-state index is 13.9. The van der Waals surface area contributed by atoms with Crippen molar-refractivity contribution in [3.05, 3.63) is 29.6 Å². The first-order valence-electron chi connectivity index (χ1n) is 7.55. The van der Waals surface area contributed by atoms with Crippen LogP contribution in [0.2, 0.25) is 0 Å². The third-order valence-corrected chi connectivity index (χ3v) is 3.81. The van der Waals surface area contributed by atoms with E-state index in [-0.39, 0.29) is 23.2 Å². The summed E-state index contributed by atoms with van der Waals surface area (Å²) >= 11 is 0. The van der Waals surface area contributed by atoms with E-state index in [1.54, 1.807) is 19.2 Å². The molecule has 1 aromatic rings. The summed E-state index contributed by atoms with van der Waals surface area (Å²) in [6, 6.07) is 5.30. The van der Waals surface area contributed by atoms with Gasteiger partial charge in [0.15, 0.2) is 11.6 Å². The van der Waals surface area contributed by atoms with Crippen LogP contribution in [0.1, 0.15) is 51.6 Å². The molecule has 0 bridgehead atoms. The zero-order chi connectivity index (χ0) is 15.9. The highest BCUT2D eigenvalue weighted by Gasteiger charge is 2.20. The van der Waals surface area contributed by atoms with Gasteiger partial charge in [0.25, 0.3) is 0 Å². The number of hydrogen-bond donors (Lipinski definition) is 1. The molecular weight excluding hydrogens is 269 g/mol. The van der Waals surface area contributed by atoms with Gasteiger partial charge in [-0.3, -0.25) is 0 Å². The van der Waals surface area contributed by atoms with Gasteiger partial charge in [-0.15, -0.1) is 0 Å². The second-order valence-electron chi connectivity index (χ2n) is 5.90. The summed E-state index contributed by atoms with van der Waals surface area (Å²) in [4.78, 5) is 0. The minimum absolute atomic E-state index is 0.125. The molecule has 0 aliphatic carbocycles. The molecule has 0 heterocycles. The molecule has 1 aromatic carbocycles. The third-order valence-electron chi connectivity index (χ3n) is 3.81. The van der Waals surface area contributed by atoms with E-state index in [1.807, 2.05) is 6.07 Å². The van der Waals surface area contributed by atoms with Gasteiger partial charge < -0.3 is 14.8 Å². The summed E-state index contributed by atoms with van der Waals surface area (Å²) in [5.74, 6) is -0.0329. The first-order valence-corrected chi connectivity index (χ1v) is 7.55. The highest BCUT2D eigenvalue weighted by Crippen LogP contribution is 2.27. The van der Waals surface area contributed by atoms with Crippen LogP contribution < -0.4 is 10.1 Å². The largest absolute Gasteiger partial charge is 0.494 e. The molecule has 3 nitrogen and oxygen atoms in total. The first-order chi connectivity index (χ1) is 9.93. The summed E-state index contributed by atoms with van der Waals surface area (Å²) in [6.45, 7) is 7.17. The molecule has 0 fully saturated rings. The topological polar surface area (TPSA) is 30.5 Å². The Bertz CT molecular complexity index is 435. The van der Waals surface area contributed by atoms with Gasteiger partial charge >= 0.3 is 0 Å². The van der Waals surface area contributed by atoms with E-state index in [0.29, 0.717) is 0 Å². The van der Waals surface area contributed by atoms with Crippen LogP contribution in [-0.4, -0.2) is 26.4 Å². The van der Waals surface area contributed by atoms with E-state index < -0.39 is 0 Å². The number of benzene rings is 1. The molecule has 0 amide bonds. The zero-order valence-corrected chi connectivity index (χ0v) is 13.8. The highest BCUT2D eigenvalue weighted by molar-refractivity contribution is 5.31. The van der Waals surface area contributed by atoms with E-state index in [9.17, 15) is 4.39 Å². The van der Waals surface area contributed by atoms with Crippen molar-refractivity contribution in [2.45, 2.75) is 51.7 Å². The monoisotopic (exact) mass is 297 g/mol. The lowest BCUT2D eigenvalue weighted by molar-refractivity contribution is 0.0117. The average Bonchev–Trinajstić information content (AvgIpc) is 2.47. The van der Waals surface area contributed by atoms with Crippen LogP contribution in [0.3, 0.4) is 0 Å². The van der Waals surface area contributed by atoms with Crippen molar-refractivity contribution in [1.82, 2.24) is 5.32 Å². The number of nitrogens with one attached hydrogen (secondary N) is 1. The van der Waals surface area contributed by atoms with Gasteiger partial charge in [-0.2, -0.15) is 0 Å². The molecule has 1 N–H and O–H groups in total. The Balaban J connectivity index is 2.83. The molecule has 120 valence electrons. The van der Waals surface area contributed by atoms with Crippen LogP contribution in [0.4, 0.5) is 4.39 Å². The highest BCUT2D eigenvalue weighted by atomic mass is 19.1. The lowest BCUT2D eigenvalue weighted by atomic mass is 9.94. The van der Waals surface area contributed by atoms with E-state index in [2.05, 4.69) is 26.1 Å². The van der Waals surface area contributed by atoms with Crippen LogP contribution in [-0.2, 0) is 4.74 Å². The van der Waals surface area contributed by atoms with Crippen molar-refractivity contribution in [1.29, 1.82) is 0 Å². The first kappa shape index (κ1) is 17.9. The fraction of sp³-hybridized carbons (Fsp3) is 0.647. The second-order valence-corrected chi connectivity index (χ2v) is 5.90.